The predicted molar refractivity (Wildman–Crippen MR) is 80.0 cm³/mol. The van der Waals surface area contributed by atoms with Gasteiger partial charge in [0.2, 0.25) is 0 Å². The summed E-state index contributed by atoms with van der Waals surface area (Å²) in [7, 11) is -0.984. The molecule has 18 heavy (non-hydrogen) atoms. The third-order valence-electron chi connectivity index (χ3n) is 3.56. The molecule has 2 nitrogen and oxygen atoms in total. The summed E-state index contributed by atoms with van der Waals surface area (Å²) < 4.78 is 13.6. The molecule has 0 amide bonds. The van der Waals surface area contributed by atoms with Gasteiger partial charge < -0.3 is 5.73 Å². The van der Waals surface area contributed by atoms with E-state index in [1.54, 1.807) is 0 Å². The van der Waals surface area contributed by atoms with E-state index in [9.17, 15) is 4.21 Å². The molecule has 0 radical (unpaired) electrons. The van der Waals surface area contributed by atoms with Crippen LogP contribution in [-0.4, -0.2) is 15.5 Å². The molecule has 3 unspecified atom stereocenters. The van der Waals surface area contributed by atoms with Crippen molar-refractivity contribution in [2.75, 3.05) is 0 Å². The second kappa shape index (κ2) is 6.83. The van der Waals surface area contributed by atoms with Crippen LogP contribution in [0.4, 0.5) is 0 Å². The van der Waals surface area contributed by atoms with Gasteiger partial charge in [-0.3, -0.25) is 4.21 Å². The first-order valence-electron chi connectivity index (χ1n) is 6.60. The van der Waals surface area contributed by atoms with E-state index in [4.69, 9.17) is 5.73 Å². The number of benzene rings is 1. The second-order valence-electron chi connectivity index (χ2n) is 4.95. The third-order valence-corrected chi connectivity index (χ3v) is 5.90. The van der Waals surface area contributed by atoms with E-state index in [2.05, 4.69) is 15.9 Å². The quantitative estimate of drug-likeness (QED) is 0.900. The zero-order chi connectivity index (χ0) is 13.0. The molecule has 0 spiro atoms. The summed E-state index contributed by atoms with van der Waals surface area (Å²) >= 11 is 3.43. The molecule has 1 aliphatic rings. The highest BCUT2D eigenvalue weighted by molar-refractivity contribution is 9.10. The first-order chi connectivity index (χ1) is 8.68. The maximum absolute atomic E-state index is 12.6. The Balaban J connectivity index is 2.15. The Morgan fingerprint density at radius 3 is 2.61 bits per heavy atom. The average Bonchev–Trinajstić information content (AvgIpc) is 2.34. The fourth-order valence-electron chi connectivity index (χ4n) is 2.51. The fourth-order valence-corrected chi connectivity index (χ4v) is 4.70. The maximum atomic E-state index is 12.6. The van der Waals surface area contributed by atoms with Crippen LogP contribution in [0.25, 0.3) is 0 Å². The van der Waals surface area contributed by atoms with E-state index in [1.165, 1.54) is 19.3 Å². The summed E-state index contributed by atoms with van der Waals surface area (Å²) in [5, 5.41) is 0.111. The van der Waals surface area contributed by atoms with Crippen LogP contribution in [0, 0.1) is 0 Å². The third kappa shape index (κ3) is 3.65. The van der Waals surface area contributed by atoms with E-state index in [0.29, 0.717) is 0 Å². The largest absolute Gasteiger partial charge is 0.327 e. The van der Waals surface area contributed by atoms with Crippen molar-refractivity contribution in [2.24, 2.45) is 5.73 Å². The number of nitrogens with two attached hydrogens (primary N) is 1. The van der Waals surface area contributed by atoms with Gasteiger partial charge in [-0.15, -0.1) is 0 Å². The number of halogens is 1. The molecule has 0 aromatic heterocycles. The maximum Gasteiger partial charge on any atom is 0.0576 e. The fraction of sp³-hybridized carbons (Fsp3) is 0.571. The molecule has 1 saturated carbocycles. The number of rotatable bonds is 2. The van der Waals surface area contributed by atoms with Gasteiger partial charge in [0.05, 0.1) is 16.0 Å². The molecule has 1 aliphatic carbocycles. The smallest absolute Gasteiger partial charge is 0.0576 e. The van der Waals surface area contributed by atoms with Crippen molar-refractivity contribution in [3.63, 3.8) is 0 Å². The minimum Gasteiger partial charge on any atom is -0.327 e. The summed E-state index contributed by atoms with van der Waals surface area (Å²) in [4.78, 5) is 0.894. The van der Waals surface area contributed by atoms with Gasteiger partial charge in [0.15, 0.2) is 0 Å². The molecule has 100 valence electrons. The molecule has 1 aromatic rings. The van der Waals surface area contributed by atoms with Crippen LogP contribution in [0.3, 0.4) is 0 Å². The van der Waals surface area contributed by atoms with Gasteiger partial charge in [-0.2, -0.15) is 0 Å². The number of hydrogen-bond donors (Lipinski definition) is 1. The van der Waals surface area contributed by atoms with Crippen molar-refractivity contribution in [3.8, 4) is 0 Å². The Labute approximate surface area is 120 Å². The summed E-state index contributed by atoms with van der Waals surface area (Å²) in [6.07, 6.45) is 6.83. The van der Waals surface area contributed by atoms with Crippen LogP contribution in [0.2, 0.25) is 0 Å². The van der Waals surface area contributed by atoms with Crippen LogP contribution in [-0.2, 0) is 10.8 Å². The first-order valence-corrected chi connectivity index (χ1v) is 8.61. The summed E-state index contributed by atoms with van der Waals surface area (Å²) in [5.74, 6) is 0. The standard InChI is InChI=1S/C14H20BrNOS/c15-11-6-5-7-12(10-11)18(17)14-9-4-2-1-3-8-13(14)16/h5-7,10,13-14H,1-4,8-9,16H2. The Morgan fingerprint density at radius 2 is 1.89 bits per heavy atom. The lowest BCUT2D eigenvalue weighted by molar-refractivity contribution is 0.456. The van der Waals surface area contributed by atoms with E-state index in [0.717, 1.165) is 28.6 Å². The van der Waals surface area contributed by atoms with Crippen LogP contribution >= 0.6 is 15.9 Å². The van der Waals surface area contributed by atoms with E-state index in [1.807, 2.05) is 24.3 Å². The second-order valence-corrected chi connectivity index (χ2v) is 7.54. The molecule has 0 aliphatic heterocycles. The van der Waals surface area contributed by atoms with Crippen molar-refractivity contribution in [1.82, 2.24) is 0 Å². The Morgan fingerprint density at radius 1 is 1.17 bits per heavy atom. The van der Waals surface area contributed by atoms with Gasteiger partial charge in [0.1, 0.15) is 0 Å². The van der Waals surface area contributed by atoms with Crippen molar-refractivity contribution in [2.45, 2.75) is 54.7 Å². The molecule has 0 saturated heterocycles. The molecular weight excluding hydrogens is 310 g/mol. The highest BCUT2D eigenvalue weighted by Crippen LogP contribution is 2.25. The van der Waals surface area contributed by atoms with Crippen molar-refractivity contribution < 1.29 is 4.21 Å². The van der Waals surface area contributed by atoms with Crippen molar-refractivity contribution >= 4 is 26.7 Å². The van der Waals surface area contributed by atoms with Gasteiger partial charge in [-0.1, -0.05) is 47.7 Å². The van der Waals surface area contributed by atoms with Crippen LogP contribution in [0.15, 0.2) is 33.6 Å². The van der Waals surface area contributed by atoms with Crippen molar-refractivity contribution in [1.29, 1.82) is 0 Å². The Hall–Kier alpha value is -0.190. The summed E-state index contributed by atoms with van der Waals surface area (Å²) in [6.45, 7) is 0. The van der Waals surface area contributed by atoms with Crippen LogP contribution in [0.5, 0.6) is 0 Å². The summed E-state index contributed by atoms with van der Waals surface area (Å²) in [5.41, 5.74) is 6.22. The lowest BCUT2D eigenvalue weighted by Crippen LogP contribution is -2.38. The van der Waals surface area contributed by atoms with Crippen molar-refractivity contribution in [3.05, 3.63) is 28.7 Å². The molecule has 1 aromatic carbocycles. The highest BCUT2D eigenvalue weighted by Gasteiger charge is 2.26. The van der Waals surface area contributed by atoms with Gasteiger partial charge in [0.25, 0.3) is 0 Å². The zero-order valence-electron chi connectivity index (χ0n) is 10.5. The molecule has 4 heteroatoms. The molecule has 0 heterocycles. The van der Waals surface area contributed by atoms with Gasteiger partial charge in [-0.25, -0.2) is 0 Å². The predicted octanol–water partition coefficient (Wildman–Crippen LogP) is 3.61. The van der Waals surface area contributed by atoms with Crippen LogP contribution < -0.4 is 5.73 Å². The van der Waals surface area contributed by atoms with Gasteiger partial charge in [0, 0.05) is 15.4 Å². The first kappa shape index (κ1) is 14.2. The SMILES string of the molecule is NC1CCCCCCC1S(=O)c1cccc(Br)c1. The Bertz CT molecular complexity index is 424. The average molecular weight is 330 g/mol. The van der Waals surface area contributed by atoms with Gasteiger partial charge >= 0.3 is 0 Å². The Kier molecular flexibility index (Phi) is 5.39. The topological polar surface area (TPSA) is 43.1 Å². The van der Waals surface area contributed by atoms with Crippen LogP contribution in [0.1, 0.15) is 38.5 Å². The molecule has 1 fully saturated rings. The minimum atomic E-state index is -0.984. The molecule has 2 N–H and O–H groups in total. The minimum absolute atomic E-state index is 0.0742. The lowest BCUT2D eigenvalue weighted by Gasteiger charge is -2.25. The highest BCUT2D eigenvalue weighted by atomic mass is 79.9. The normalized spacial score (nSPS) is 27.2. The lowest BCUT2D eigenvalue weighted by atomic mass is 9.97. The van der Waals surface area contributed by atoms with Gasteiger partial charge in [-0.05, 0) is 31.0 Å². The molecule has 3 atom stereocenters. The van der Waals surface area contributed by atoms with E-state index >= 15 is 0 Å². The molecular formula is C14H20BrNOS. The number of hydrogen-bond acceptors (Lipinski definition) is 2. The molecule has 2 rings (SSSR count). The molecule has 0 bridgehead atoms. The monoisotopic (exact) mass is 329 g/mol. The van der Waals surface area contributed by atoms with E-state index < -0.39 is 10.8 Å². The van der Waals surface area contributed by atoms with E-state index in [-0.39, 0.29) is 11.3 Å². The zero-order valence-corrected chi connectivity index (χ0v) is 12.9. The summed E-state index contributed by atoms with van der Waals surface area (Å²) in [6, 6.07) is 7.85.